The molecule has 0 radical (unpaired) electrons. The van der Waals surface area contributed by atoms with E-state index in [2.05, 4.69) is 10.4 Å². The first-order chi connectivity index (χ1) is 9.08. The molecule has 0 unspecified atom stereocenters. The summed E-state index contributed by atoms with van der Waals surface area (Å²) in [5.41, 5.74) is 2.62. The highest BCUT2D eigenvalue weighted by molar-refractivity contribution is 5.92. The summed E-state index contributed by atoms with van der Waals surface area (Å²) in [5, 5.41) is 6.84. The molecule has 0 aliphatic heterocycles. The van der Waals surface area contributed by atoms with Crippen LogP contribution in [0.2, 0.25) is 0 Å². The van der Waals surface area contributed by atoms with E-state index >= 15 is 0 Å². The maximum absolute atomic E-state index is 11.8. The summed E-state index contributed by atoms with van der Waals surface area (Å²) in [6, 6.07) is 7.60. The number of nitrogens with zero attached hydrogens (tertiary/aromatic N) is 2. The summed E-state index contributed by atoms with van der Waals surface area (Å²) in [6.45, 7) is 3.82. The summed E-state index contributed by atoms with van der Waals surface area (Å²) < 4.78 is 7.18. The first-order valence-corrected chi connectivity index (χ1v) is 6.05. The third-order valence-corrected chi connectivity index (χ3v) is 2.96. The van der Waals surface area contributed by atoms with Crippen LogP contribution < -0.4 is 10.1 Å². The quantitative estimate of drug-likeness (QED) is 0.914. The van der Waals surface area contributed by atoms with E-state index < -0.39 is 0 Å². The lowest BCUT2D eigenvalue weighted by Crippen LogP contribution is -2.20. The standard InChI is InChI=1S/C14H17N3O2/c1-10-6-4-5-7-13(10)19-9-14(18)16-12-8-15-17(3)11(12)2/h4-8H,9H2,1-3H3,(H,16,18). The van der Waals surface area contributed by atoms with Crippen molar-refractivity contribution >= 4 is 11.6 Å². The first-order valence-electron chi connectivity index (χ1n) is 6.05. The lowest BCUT2D eigenvalue weighted by Gasteiger charge is -2.09. The molecule has 0 aliphatic carbocycles. The van der Waals surface area contributed by atoms with Gasteiger partial charge in [-0.3, -0.25) is 9.48 Å². The number of hydrogen-bond donors (Lipinski definition) is 1. The Morgan fingerprint density at radius 2 is 2.11 bits per heavy atom. The molecule has 1 N–H and O–H groups in total. The zero-order valence-electron chi connectivity index (χ0n) is 11.3. The fourth-order valence-corrected chi connectivity index (χ4v) is 1.67. The molecule has 5 nitrogen and oxygen atoms in total. The van der Waals surface area contributed by atoms with Crippen LogP contribution in [0.1, 0.15) is 11.3 Å². The summed E-state index contributed by atoms with van der Waals surface area (Å²) in [5.74, 6) is 0.528. The molecular formula is C14H17N3O2. The number of nitrogens with one attached hydrogen (secondary N) is 1. The number of aromatic nitrogens is 2. The number of amides is 1. The van der Waals surface area contributed by atoms with Gasteiger partial charge in [-0.1, -0.05) is 18.2 Å². The fourth-order valence-electron chi connectivity index (χ4n) is 1.67. The lowest BCUT2D eigenvalue weighted by atomic mass is 10.2. The smallest absolute Gasteiger partial charge is 0.262 e. The molecule has 1 amide bonds. The van der Waals surface area contributed by atoms with Crippen LogP contribution in [0.15, 0.2) is 30.5 Å². The average molecular weight is 259 g/mol. The number of benzene rings is 1. The molecule has 2 aromatic rings. The maximum atomic E-state index is 11.8. The Bertz CT molecular complexity index is 590. The normalized spacial score (nSPS) is 10.3. The van der Waals surface area contributed by atoms with Gasteiger partial charge in [0.15, 0.2) is 6.61 Å². The van der Waals surface area contributed by atoms with Crippen LogP contribution in [0.25, 0.3) is 0 Å². The van der Waals surface area contributed by atoms with Gasteiger partial charge in [-0.2, -0.15) is 5.10 Å². The van der Waals surface area contributed by atoms with Crippen LogP contribution in [-0.2, 0) is 11.8 Å². The number of para-hydroxylation sites is 1. The molecule has 2 rings (SSSR count). The molecule has 1 aromatic heterocycles. The highest BCUT2D eigenvalue weighted by Crippen LogP contribution is 2.16. The van der Waals surface area contributed by atoms with Gasteiger partial charge in [0.25, 0.3) is 5.91 Å². The number of ether oxygens (including phenoxy) is 1. The molecule has 1 heterocycles. The van der Waals surface area contributed by atoms with Crippen LogP contribution in [-0.4, -0.2) is 22.3 Å². The molecular weight excluding hydrogens is 242 g/mol. The van der Waals surface area contributed by atoms with E-state index in [9.17, 15) is 4.79 Å². The van der Waals surface area contributed by atoms with Crippen LogP contribution in [0.5, 0.6) is 5.75 Å². The monoisotopic (exact) mass is 259 g/mol. The molecule has 0 saturated carbocycles. The Hall–Kier alpha value is -2.30. The van der Waals surface area contributed by atoms with Crippen LogP contribution in [0.4, 0.5) is 5.69 Å². The van der Waals surface area contributed by atoms with E-state index in [1.807, 2.05) is 45.2 Å². The van der Waals surface area contributed by atoms with Crippen molar-refractivity contribution in [1.82, 2.24) is 9.78 Å². The minimum atomic E-state index is -0.195. The number of aryl methyl sites for hydroxylation is 2. The molecule has 0 spiro atoms. The third-order valence-electron chi connectivity index (χ3n) is 2.96. The van der Waals surface area contributed by atoms with E-state index in [1.165, 1.54) is 0 Å². The second-order valence-electron chi connectivity index (χ2n) is 4.37. The van der Waals surface area contributed by atoms with E-state index in [4.69, 9.17) is 4.74 Å². The lowest BCUT2D eigenvalue weighted by molar-refractivity contribution is -0.118. The summed E-state index contributed by atoms with van der Waals surface area (Å²) in [6.07, 6.45) is 1.63. The van der Waals surface area contributed by atoms with Crippen molar-refractivity contribution in [3.05, 3.63) is 41.7 Å². The van der Waals surface area contributed by atoms with Crippen molar-refractivity contribution in [2.45, 2.75) is 13.8 Å². The van der Waals surface area contributed by atoms with Crippen molar-refractivity contribution in [1.29, 1.82) is 0 Å². The summed E-state index contributed by atoms with van der Waals surface area (Å²) in [7, 11) is 1.83. The number of rotatable bonds is 4. The Labute approximate surface area is 112 Å². The first kappa shape index (κ1) is 13.1. The van der Waals surface area contributed by atoms with Crippen LogP contribution in [0.3, 0.4) is 0 Å². The van der Waals surface area contributed by atoms with Crippen molar-refractivity contribution in [3.8, 4) is 5.75 Å². The molecule has 0 bridgehead atoms. The number of carbonyl (C=O) groups excluding carboxylic acids is 1. The number of carbonyl (C=O) groups is 1. The fraction of sp³-hybridized carbons (Fsp3) is 0.286. The van der Waals surface area contributed by atoms with E-state index in [1.54, 1.807) is 10.9 Å². The summed E-state index contributed by atoms with van der Waals surface area (Å²) >= 11 is 0. The van der Waals surface area contributed by atoms with Gasteiger partial charge in [0.1, 0.15) is 5.75 Å². The minimum Gasteiger partial charge on any atom is -0.483 e. The molecule has 0 saturated heterocycles. The Morgan fingerprint density at radius 1 is 1.37 bits per heavy atom. The van der Waals surface area contributed by atoms with Gasteiger partial charge in [-0.15, -0.1) is 0 Å². The average Bonchev–Trinajstić information content (AvgIpc) is 2.70. The Balaban J connectivity index is 1.92. The van der Waals surface area contributed by atoms with Crippen LogP contribution >= 0.6 is 0 Å². The molecule has 0 atom stereocenters. The second-order valence-corrected chi connectivity index (χ2v) is 4.37. The Morgan fingerprint density at radius 3 is 2.74 bits per heavy atom. The highest BCUT2D eigenvalue weighted by Gasteiger charge is 2.09. The van der Waals surface area contributed by atoms with Crippen molar-refractivity contribution in [2.24, 2.45) is 7.05 Å². The van der Waals surface area contributed by atoms with Gasteiger partial charge in [0.05, 0.1) is 17.6 Å². The van der Waals surface area contributed by atoms with Gasteiger partial charge < -0.3 is 10.1 Å². The molecule has 0 aliphatic rings. The number of anilines is 1. The molecule has 0 fully saturated rings. The zero-order chi connectivity index (χ0) is 13.8. The SMILES string of the molecule is Cc1ccccc1OCC(=O)Nc1cnn(C)c1C. The summed E-state index contributed by atoms with van der Waals surface area (Å²) in [4.78, 5) is 11.8. The van der Waals surface area contributed by atoms with Crippen molar-refractivity contribution in [2.75, 3.05) is 11.9 Å². The topological polar surface area (TPSA) is 56.1 Å². The maximum Gasteiger partial charge on any atom is 0.262 e. The van der Waals surface area contributed by atoms with Gasteiger partial charge in [0, 0.05) is 7.05 Å². The zero-order valence-corrected chi connectivity index (χ0v) is 11.3. The van der Waals surface area contributed by atoms with E-state index in [0.717, 1.165) is 17.0 Å². The van der Waals surface area contributed by atoms with Crippen LogP contribution in [0, 0.1) is 13.8 Å². The van der Waals surface area contributed by atoms with Crippen molar-refractivity contribution < 1.29 is 9.53 Å². The predicted octanol–water partition coefficient (Wildman–Crippen LogP) is 2.05. The second kappa shape index (κ2) is 5.56. The molecule has 100 valence electrons. The van der Waals surface area contributed by atoms with Crippen molar-refractivity contribution in [3.63, 3.8) is 0 Å². The molecule has 1 aromatic carbocycles. The van der Waals surface area contributed by atoms with Gasteiger partial charge in [0.2, 0.25) is 0 Å². The predicted molar refractivity (Wildman–Crippen MR) is 73.2 cm³/mol. The van der Waals surface area contributed by atoms with Gasteiger partial charge in [-0.25, -0.2) is 0 Å². The Kier molecular flexibility index (Phi) is 3.85. The number of hydrogen-bond acceptors (Lipinski definition) is 3. The largest absolute Gasteiger partial charge is 0.483 e. The van der Waals surface area contributed by atoms with Gasteiger partial charge >= 0.3 is 0 Å². The minimum absolute atomic E-state index is 0.0147. The molecule has 5 heteroatoms. The van der Waals surface area contributed by atoms with Gasteiger partial charge in [-0.05, 0) is 25.5 Å². The molecule has 19 heavy (non-hydrogen) atoms. The third kappa shape index (κ3) is 3.13. The van der Waals surface area contributed by atoms with E-state index in [-0.39, 0.29) is 12.5 Å². The highest BCUT2D eigenvalue weighted by atomic mass is 16.5. The van der Waals surface area contributed by atoms with E-state index in [0.29, 0.717) is 5.69 Å².